The van der Waals surface area contributed by atoms with Crippen molar-refractivity contribution in [1.29, 1.82) is 0 Å². The molecule has 0 aromatic carbocycles. The fourth-order valence-electron chi connectivity index (χ4n) is 3.25. The normalized spacial score (nSPS) is 19.1. The van der Waals surface area contributed by atoms with Gasteiger partial charge in [-0.3, -0.25) is 4.79 Å². The molecule has 3 heterocycles. The molecule has 0 saturated carbocycles. The van der Waals surface area contributed by atoms with Crippen molar-refractivity contribution in [2.24, 2.45) is 0 Å². The maximum Gasteiger partial charge on any atom is 0.319 e. The molecule has 2 fully saturated rings. The van der Waals surface area contributed by atoms with Gasteiger partial charge < -0.3 is 19.6 Å². The number of piperidine rings is 1. The lowest BCUT2D eigenvalue weighted by molar-refractivity contribution is 0.0875. The van der Waals surface area contributed by atoms with Crippen LogP contribution >= 0.6 is 0 Å². The molecule has 3 amide bonds. The minimum atomic E-state index is -0.223. The molecule has 2 aliphatic heterocycles. The van der Waals surface area contributed by atoms with Crippen LogP contribution in [0.15, 0.2) is 10.6 Å². The van der Waals surface area contributed by atoms with Gasteiger partial charge in [0.05, 0.1) is 5.69 Å². The van der Waals surface area contributed by atoms with E-state index in [9.17, 15) is 9.59 Å². The number of rotatable bonds is 3. The molecule has 1 aromatic heterocycles. The van der Waals surface area contributed by atoms with Gasteiger partial charge in [-0.1, -0.05) is 19.0 Å². The van der Waals surface area contributed by atoms with Crippen LogP contribution < -0.4 is 5.32 Å². The van der Waals surface area contributed by atoms with E-state index in [-0.39, 0.29) is 29.7 Å². The minimum absolute atomic E-state index is 0.0766. The Hall–Kier alpha value is -2.05. The highest BCUT2D eigenvalue weighted by Gasteiger charge is 2.29. The number of hydrogen-bond donors (Lipinski definition) is 1. The molecule has 2 saturated heterocycles. The van der Waals surface area contributed by atoms with Crippen LogP contribution in [0, 0.1) is 0 Å². The molecule has 24 heavy (non-hydrogen) atoms. The number of urea groups is 1. The van der Waals surface area contributed by atoms with E-state index in [1.165, 1.54) is 0 Å². The van der Waals surface area contributed by atoms with Gasteiger partial charge >= 0.3 is 6.03 Å². The number of aromatic nitrogens is 1. The molecule has 0 radical (unpaired) electrons. The van der Waals surface area contributed by atoms with Crippen molar-refractivity contribution in [3.63, 3.8) is 0 Å². The molecule has 0 unspecified atom stereocenters. The molecule has 2 aliphatic rings. The van der Waals surface area contributed by atoms with Crippen LogP contribution in [0.3, 0.4) is 0 Å². The minimum Gasteiger partial charge on any atom is -0.351 e. The Labute approximate surface area is 142 Å². The molecule has 0 atom stereocenters. The molecule has 0 bridgehead atoms. The zero-order valence-electron chi connectivity index (χ0n) is 14.5. The van der Waals surface area contributed by atoms with Gasteiger partial charge in [0, 0.05) is 38.3 Å². The highest BCUT2D eigenvalue weighted by Crippen LogP contribution is 2.17. The van der Waals surface area contributed by atoms with E-state index in [0.717, 1.165) is 44.5 Å². The highest BCUT2D eigenvalue weighted by atomic mass is 16.5. The summed E-state index contributed by atoms with van der Waals surface area (Å²) in [6.07, 6.45) is 3.76. The van der Waals surface area contributed by atoms with Crippen LogP contribution in [-0.4, -0.2) is 59.1 Å². The Morgan fingerprint density at radius 3 is 2.38 bits per heavy atom. The number of carbonyl (C=O) groups excluding carboxylic acids is 2. The first-order chi connectivity index (χ1) is 11.5. The number of nitrogens with zero attached hydrogens (tertiary/aromatic N) is 3. The number of carbonyl (C=O) groups is 2. The van der Waals surface area contributed by atoms with Crippen LogP contribution in [0.5, 0.6) is 0 Å². The lowest BCUT2D eigenvalue weighted by atomic mass is 10.0. The first kappa shape index (κ1) is 16.8. The average Bonchev–Trinajstić information content (AvgIpc) is 3.26. The van der Waals surface area contributed by atoms with Crippen molar-refractivity contribution in [3.8, 4) is 0 Å². The highest BCUT2D eigenvalue weighted by molar-refractivity contribution is 5.91. The van der Waals surface area contributed by atoms with E-state index in [1.54, 1.807) is 6.07 Å². The number of hydrogen-bond acceptors (Lipinski definition) is 4. The number of likely N-dealkylation sites (tertiary alicyclic amines) is 2. The second-order valence-electron chi connectivity index (χ2n) is 6.98. The lowest BCUT2D eigenvalue weighted by Gasteiger charge is -2.34. The van der Waals surface area contributed by atoms with Crippen LogP contribution in [0.2, 0.25) is 0 Å². The van der Waals surface area contributed by atoms with E-state index in [1.807, 2.05) is 23.6 Å². The maximum absolute atomic E-state index is 12.4. The predicted octanol–water partition coefficient (Wildman–Crippen LogP) is 2.21. The molecule has 7 nitrogen and oxygen atoms in total. The second-order valence-corrected chi connectivity index (χ2v) is 6.98. The maximum atomic E-state index is 12.4. The summed E-state index contributed by atoms with van der Waals surface area (Å²) < 4.78 is 5.12. The first-order valence-electron chi connectivity index (χ1n) is 8.86. The SMILES string of the molecule is CC(C)c1cc(C(=O)NC2CCN(C(=O)N3CCCC3)CC2)on1. The summed E-state index contributed by atoms with van der Waals surface area (Å²) in [5.74, 6) is 0.267. The van der Waals surface area contributed by atoms with Crippen molar-refractivity contribution in [3.05, 3.63) is 17.5 Å². The van der Waals surface area contributed by atoms with Crippen LogP contribution in [0.1, 0.15) is 61.7 Å². The van der Waals surface area contributed by atoms with Gasteiger partial charge in [-0.2, -0.15) is 0 Å². The van der Waals surface area contributed by atoms with Crippen molar-refractivity contribution >= 4 is 11.9 Å². The van der Waals surface area contributed by atoms with E-state index < -0.39 is 0 Å². The third-order valence-corrected chi connectivity index (χ3v) is 4.82. The summed E-state index contributed by atoms with van der Waals surface area (Å²) in [6.45, 7) is 7.14. The van der Waals surface area contributed by atoms with Crippen LogP contribution in [0.4, 0.5) is 4.79 Å². The standard InChI is InChI=1S/C17H26N4O3/c1-12(2)14-11-15(24-19-14)16(22)18-13-5-9-21(10-6-13)17(23)20-7-3-4-8-20/h11-13H,3-10H2,1-2H3,(H,18,22). The lowest BCUT2D eigenvalue weighted by Crippen LogP contribution is -2.50. The van der Waals surface area contributed by atoms with Crippen molar-refractivity contribution < 1.29 is 14.1 Å². The van der Waals surface area contributed by atoms with E-state index >= 15 is 0 Å². The molecule has 0 spiro atoms. The number of nitrogens with one attached hydrogen (secondary N) is 1. The Bertz CT molecular complexity index is 584. The van der Waals surface area contributed by atoms with Gasteiger partial charge in [-0.15, -0.1) is 0 Å². The zero-order chi connectivity index (χ0) is 17.1. The van der Waals surface area contributed by atoms with Gasteiger partial charge in [-0.05, 0) is 31.6 Å². The fraction of sp³-hybridized carbons (Fsp3) is 0.706. The topological polar surface area (TPSA) is 78.7 Å². The van der Waals surface area contributed by atoms with Gasteiger partial charge in [0.1, 0.15) is 0 Å². The summed E-state index contributed by atoms with van der Waals surface area (Å²) >= 11 is 0. The Kier molecular flexibility index (Phi) is 5.06. The summed E-state index contributed by atoms with van der Waals surface area (Å²) in [7, 11) is 0. The van der Waals surface area contributed by atoms with Crippen molar-refractivity contribution in [2.45, 2.75) is 51.5 Å². The van der Waals surface area contributed by atoms with Gasteiger partial charge in [0.15, 0.2) is 0 Å². The molecular weight excluding hydrogens is 308 g/mol. The van der Waals surface area contributed by atoms with Gasteiger partial charge in [0.25, 0.3) is 5.91 Å². The second kappa shape index (κ2) is 7.23. The monoisotopic (exact) mass is 334 g/mol. The molecule has 132 valence electrons. The average molecular weight is 334 g/mol. The van der Waals surface area contributed by atoms with Gasteiger partial charge in [0.2, 0.25) is 5.76 Å². The summed E-state index contributed by atoms with van der Waals surface area (Å²) in [6, 6.07) is 1.92. The Balaban J connectivity index is 1.47. The summed E-state index contributed by atoms with van der Waals surface area (Å²) in [4.78, 5) is 28.4. The fourth-order valence-corrected chi connectivity index (χ4v) is 3.25. The van der Waals surface area contributed by atoms with E-state index in [4.69, 9.17) is 4.52 Å². The van der Waals surface area contributed by atoms with E-state index in [2.05, 4.69) is 10.5 Å². The third kappa shape index (κ3) is 3.71. The Morgan fingerprint density at radius 2 is 1.79 bits per heavy atom. The summed E-state index contributed by atoms with van der Waals surface area (Å²) in [5.41, 5.74) is 0.783. The molecule has 0 aliphatic carbocycles. The molecule has 3 rings (SSSR count). The van der Waals surface area contributed by atoms with Crippen LogP contribution in [0.25, 0.3) is 0 Å². The third-order valence-electron chi connectivity index (χ3n) is 4.82. The summed E-state index contributed by atoms with van der Waals surface area (Å²) in [5, 5.41) is 6.91. The van der Waals surface area contributed by atoms with Crippen LogP contribution in [-0.2, 0) is 0 Å². The number of amides is 3. The predicted molar refractivity (Wildman–Crippen MR) is 88.9 cm³/mol. The molecular formula is C17H26N4O3. The smallest absolute Gasteiger partial charge is 0.319 e. The zero-order valence-corrected chi connectivity index (χ0v) is 14.5. The quantitative estimate of drug-likeness (QED) is 0.919. The first-order valence-corrected chi connectivity index (χ1v) is 8.86. The van der Waals surface area contributed by atoms with E-state index in [0.29, 0.717) is 13.1 Å². The van der Waals surface area contributed by atoms with Gasteiger partial charge in [-0.25, -0.2) is 4.79 Å². The Morgan fingerprint density at radius 1 is 1.17 bits per heavy atom. The molecule has 1 N–H and O–H groups in total. The van der Waals surface area contributed by atoms with Crippen molar-refractivity contribution in [2.75, 3.05) is 26.2 Å². The largest absolute Gasteiger partial charge is 0.351 e. The molecule has 7 heteroatoms. The molecule has 1 aromatic rings. The van der Waals surface area contributed by atoms with Crippen molar-refractivity contribution in [1.82, 2.24) is 20.3 Å².